The summed E-state index contributed by atoms with van der Waals surface area (Å²) < 4.78 is 70.0. The Hall–Kier alpha value is -4.51. The normalized spacial score (nSPS) is 12.0. The highest BCUT2D eigenvalue weighted by Crippen LogP contribution is 2.30. The second kappa shape index (κ2) is 11.7. The van der Waals surface area contributed by atoms with Gasteiger partial charge in [-0.25, -0.2) is 31.1 Å². The van der Waals surface area contributed by atoms with Crippen molar-refractivity contribution in [2.45, 2.75) is 31.2 Å². The number of amides is 2. The molecule has 0 fully saturated rings. The first-order valence-corrected chi connectivity index (χ1v) is 13.5. The van der Waals surface area contributed by atoms with Gasteiger partial charge in [0, 0.05) is 17.8 Å². The predicted molar refractivity (Wildman–Crippen MR) is 142 cm³/mol. The van der Waals surface area contributed by atoms with Gasteiger partial charge in [-0.2, -0.15) is 0 Å². The lowest BCUT2D eigenvalue weighted by atomic mass is 9.94. The summed E-state index contributed by atoms with van der Waals surface area (Å²) in [5.74, 6) is -2.90. The number of rotatable bonds is 8. The molecule has 11 heteroatoms. The Kier molecular flexibility index (Phi) is 8.34. The summed E-state index contributed by atoms with van der Waals surface area (Å²) >= 11 is 0. The fourth-order valence-electron chi connectivity index (χ4n) is 4.31. The molecule has 0 radical (unpaired) electrons. The maximum absolute atomic E-state index is 14.2. The fraction of sp³-hybridized carbons (Fsp3) is 0.138. The molecule has 1 aromatic heterocycles. The van der Waals surface area contributed by atoms with Crippen molar-refractivity contribution in [3.05, 3.63) is 119 Å². The lowest BCUT2D eigenvalue weighted by Gasteiger charge is -2.22. The van der Waals surface area contributed by atoms with Crippen LogP contribution in [-0.2, 0) is 16.4 Å². The molecule has 0 spiro atoms. The van der Waals surface area contributed by atoms with E-state index in [-0.39, 0.29) is 28.1 Å². The molecular weight excluding hydrogens is 543 g/mol. The van der Waals surface area contributed by atoms with Crippen LogP contribution < -0.4 is 10.0 Å². The third-order valence-corrected chi connectivity index (χ3v) is 7.59. The molecule has 40 heavy (non-hydrogen) atoms. The van der Waals surface area contributed by atoms with Crippen LogP contribution in [-0.4, -0.2) is 25.2 Å². The summed E-state index contributed by atoms with van der Waals surface area (Å²) in [6, 6.07) is 13.8. The second-order valence-corrected chi connectivity index (χ2v) is 10.7. The lowest BCUT2D eigenvalue weighted by molar-refractivity contribution is 0.101. The number of carbonyl (C=O) groups excluding carboxylic acids is 2. The number of hydrogen-bond donors (Lipinski definition) is 2. The van der Waals surface area contributed by atoms with E-state index < -0.39 is 45.3 Å². The van der Waals surface area contributed by atoms with Crippen LogP contribution in [0.25, 0.3) is 11.1 Å². The number of nitrogens with one attached hydrogen (secondary N) is 2. The van der Waals surface area contributed by atoms with Gasteiger partial charge in [0.05, 0.1) is 22.2 Å². The molecule has 1 heterocycles. The van der Waals surface area contributed by atoms with Crippen LogP contribution in [0.15, 0.2) is 83.9 Å². The molecule has 7 nitrogen and oxygen atoms in total. The number of urea groups is 1. The minimum Gasteiger partial charge on any atom is -0.329 e. The minimum absolute atomic E-state index is 0.101. The molecule has 0 saturated heterocycles. The molecule has 2 amide bonds. The van der Waals surface area contributed by atoms with E-state index in [1.165, 1.54) is 37.4 Å². The van der Waals surface area contributed by atoms with E-state index in [2.05, 4.69) is 10.3 Å². The molecule has 0 unspecified atom stereocenters. The van der Waals surface area contributed by atoms with Crippen molar-refractivity contribution in [3.63, 3.8) is 0 Å². The van der Waals surface area contributed by atoms with Crippen LogP contribution >= 0.6 is 0 Å². The van der Waals surface area contributed by atoms with Gasteiger partial charge in [0.15, 0.2) is 5.78 Å². The van der Waals surface area contributed by atoms with Gasteiger partial charge in [-0.3, -0.25) is 9.78 Å². The molecule has 3 aromatic carbocycles. The Morgan fingerprint density at radius 1 is 0.925 bits per heavy atom. The Morgan fingerprint density at radius 2 is 1.62 bits per heavy atom. The van der Waals surface area contributed by atoms with Crippen LogP contribution in [0.3, 0.4) is 0 Å². The minimum atomic E-state index is -4.27. The van der Waals surface area contributed by atoms with Gasteiger partial charge in [-0.1, -0.05) is 30.3 Å². The summed E-state index contributed by atoms with van der Waals surface area (Å²) in [5.41, 5.74) is 1.38. The number of halogens is 3. The third-order valence-electron chi connectivity index (χ3n) is 6.10. The smallest absolute Gasteiger partial charge is 0.329 e. The van der Waals surface area contributed by atoms with Crippen LogP contribution in [0.2, 0.25) is 0 Å². The van der Waals surface area contributed by atoms with Crippen molar-refractivity contribution in [1.82, 2.24) is 15.0 Å². The largest absolute Gasteiger partial charge is 0.329 e. The number of sulfonamides is 1. The van der Waals surface area contributed by atoms with Crippen molar-refractivity contribution in [2.24, 2.45) is 0 Å². The van der Waals surface area contributed by atoms with E-state index in [9.17, 15) is 31.2 Å². The quantitative estimate of drug-likeness (QED) is 0.268. The predicted octanol–water partition coefficient (Wildman–Crippen LogP) is 5.65. The molecule has 0 aliphatic carbocycles. The number of aromatic nitrogens is 1. The van der Waals surface area contributed by atoms with E-state index in [0.717, 1.165) is 18.2 Å². The highest BCUT2D eigenvalue weighted by molar-refractivity contribution is 7.90. The lowest BCUT2D eigenvalue weighted by Crippen LogP contribution is -2.42. The summed E-state index contributed by atoms with van der Waals surface area (Å²) in [6.45, 7) is 2.79. The molecule has 1 atom stereocenters. The van der Waals surface area contributed by atoms with Gasteiger partial charge in [0.25, 0.3) is 10.0 Å². The van der Waals surface area contributed by atoms with Gasteiger partial charge in [-0.05, 0) is 73.4 Å². The van der Waals surface area contributed by atoms with Crippen molar-refractivity contribution in [2.75, 3.05) is 0 Å². The SMILES string of the molecule is CC(=O)c1cc(-c2cccnc2[C@H](Cc2cc(F)cc(F)c2)NC(=O)NS(=O)(=O)c2ccccc2C)ccc1F. The number of nitrogens with zero attached hydrogens (tertiary/aromatic N) is 1. The zero-order chi connectivity index (χ0) is 29.0. The number of hydrogen-bond acceptors (Lipinski definition) is 5. The number of aryl methyl sites for hydroxylation is 1. The van der Waals surface area contributed by atoms with Crippen LogP contribution in [0.5, 0.6) is 0 Å². The number of benzene rings is 3. The third kappa shape index (κ3) is 6.55. The highest BCUT2D eigenvalue weighted by atomic mass is 32.2. The van der Waals surface area contributed by atoms with Crippen LogP contribution in [0, 0.1) is 24.4 Å². The number of Topliss-reactive ketones (excluding diaryl/α,β-unsaturated/α-hetero) is 1. The average molecular weight is 568 g/mol. The van der Waals surface area contributed by atoms with Gasteiger partial charge >= 0.3 is 6.03 Å². The molecule has 4 aromatic rings. The van der Waals surface area contributed by atoms with Crippen molar-refractivity contribution >= 4 is 21.8 Å². The van der Waals surface area contributed by atoms with Crippen molar-refractivity contribution < 1.29 is 31.2 Å². The van der Waals surface area contributed by atoms with Gasteiger partial charge in [0.1, 0.15) is 17.5 Å². The molecule has 0 bridgehead atoms. The first-order valence-electron chi connectivity index (χ1n) is 12.0. The summed E-state index contributed by atoms with van der Waals surface area (Å²) in [7, 11) is -4.27. The maximum Gasteiger partial charge on any atom is 0.329 e. The summed E-state index contributed by atoms with van der Waals surface area (Å²) in [5, 5.41) is 2.55. The van der Waals surface area contributed by atoms with Crippen LogP contribution in [0.1, 0.15) is 40.1 Å². The number of carbonyl (C=O) groups is 2. The van der Waals surface area contributed by atoms with Gasteiger partial charge in [-0.15, -0.1) is 0 Å². The summed E-state index contributed by atoms with van der Waals surface area (Å²) in [6.07, 6.45) is 1.23. The topological polar surface area (TPSA) is 105 Å². The average Bonchev–Trinajstić information content (AvgIpc) is 2.87. The first-order chi connectivity index (χ1) is 18.9. The van der Waals surface area contributed by atoms with E-state index in [1.54, 1.807) is 31.2 Å². The Bertz CT molecular complexity index is 1690. The van der Waals surface area contributed by atoms with Gasteiger partial charge < -0.3 is 5.32 Å². The molecule has 0 aliphatic rings. The van der Waals surface area contributed by atoms with E-state index in [1.807, 2.05) is 4.72 Å². The fourth-order valence-corrected chi connectivity index (χ4v) is 5.47. The Morgan fingerprint density at radius 3 is 2.30 bits per heavy atom. The second-order valence-electron chi connectivity index (χ2n) is 9.07. The van der Waals surface area contributed by atoms with Crippen molar-refractivity contribution in [1.29, 1.82) is 0 Å². The molecule has 0 aliphatic heterocycles. The molecular formula is C29H24F3N3O4S. The Labute approximate surface area is 229 Å². The van der Waals surface area contributed by atoms with E-state index in [4.69, 9.17) is 0 Å². The van der Waals surface area contributed by atoms with E-state index in [0.29, 0.717) is 22.8 Å². The molecule has 0 saturated carbocycles. The first kappa shape index (κ1) is 28.5. The monoisotopic (exact) mass is 567 g/mol. The maximum atomic E-state index is 14.2. The number of pyridine rings is 1. The highest BCUT2D eigenvalue weighted by Gasteiger charge is 2.25. The summed E-state index contributed by atoms with van der Waals surface area (Å²) in [4.78, 5) is 29.2. The number of ketones is 1. The van der Waals surface area contributed by atoms with Crippen molar-refractivity contribution in [3.8, 4) is 11.1 Å². The Balaban J connectivity index is 1.75. The van der Waals surface area contributed by atoms with Gasteiger partial charge in [0.2, 0.25) is 0 Å². The standard InChI is InChI=1S/C29H24F3N3O4S/c1-17-6-3-4-8-27(17)40(38,39)35-29(37)34-26(14-19-12-21(30)16-22(31)13-19)28-23(7-5-11-33-28)20-9-10-25(32)24(15-20)18(2)36/h3-13,15-16,26H,14H2,1-2H3,(H2,34,35,37)/t26-/m0/s1. The van der Waals surface area contributed by atoms with Crippen LogP contribution in [0.4, 0.5) is 18.0 Å². The zero-order valence-electron chi connectivity index (χ0n) is 21.4. The molecule has 4 rings (SSSR count). The zero-order valence-corrected chi connectivity index (χ0v) is 22.2. The molecule has 206 valence electrons. The van der Waals surface area contributed by atoms with E-state index >= 15 is 0 Å². The molecule has 2 N–H and O–H groups in total.